The Labute approximate surface area is 162 Å². The van der Waals surface area contributed by atoms with Gasteiger partial charge in [-0.25, -0.2) is 5.43 Å². The quantitative estimate of drug-likeness (QED) is 0.426. The number of ether oxygens (including phenoxy) is 4. The summed E-state index contributed by atoms with van der Waals surface area (Å²) < 4.78 is 20.6. The summed E-state index contributed by atoms with van der Waals surface area (Å²) in [5, 5.41) is 6.24. The second kappa shape index (κ2) is 9.81. The lowest BCUT2D eigenvalue weighted by molar-refractivity contribution is -0.136. The van der Waals surface area contributed by atoms with Gasteiger partial charge in [0.05, 0.1) is 40.3 Å². The van der Waals surface area contributed by atoms with Crippen LogP contribution < -0.4 is 29.7 Å². The van der Waals surface area contributed by atoms with Crippen LogP contribution in [0, 0.1) is 0 Å². The number of carbonyl (C=O) groups excluding carboxylic acids is 2. The van der Waals surface area contributed by atoms with E-state index in [1.165, 1.54) is 34.7 Å². The van der Waals surface area contributed by atoms with Crippen LogP contribution in [0.2, 0.25) is 0 Å². The first kappa shape index (κ1) is 20.6. The molecule has 0 atom stereocenters. The molecule has 0 unspecified atom stereocenters. The van der Waals surface area contributed by atoms with Crippen molar-refractivity contribution in [2.75, 3.05) is 33.8 Å². The fourth-order valence-corrected chi connectivity index (χ4v) is 2.23. The molecule has 0 aliphatic rings. The van der Waals surface area contributed by atoms with Gasteiger partial charge in [-0.1, -0.05) is 0 Å². The number of hydrogen-bond acceptors (Lipinski definition) is 7. The van der Waals surface area contributed by atoms with Gasteiger partial charge in [-0.15, -0.1) is 0 Å². The van der Waals surface area contributed by atoms with Crippen molar-refractivity contribution in [3.63, 3.8) is 0 Å². The van der Waals surface area contributed by atoms with E-state index in [9.17, 15) is 9.59 Å². The van der Waals surface area contributed by atoms with Crippen LogP contribution in [0.3, 0.4) is 0 Å². The van der Waals surface area contributed by atoms with E-state index >= 15 is 0 Å². The van der Waals surface area contributed by atoms with Crippen LogP contribution >= 0.6 is 0 Å². The van der Waals surface area contributed by atoms with Gasteiger partial charge in [-0.3, -0.25) is 9.59 Å². The van der Waals surface area contributed by atoms with Crippen LogP contribution in [0.1, 0.15) is 5.56 Å². The number of nitrogens with zero attached hydrogens (tertiary/aromatic N) is 1. The SMILES string of the molecule is COc1ccc(OC)c(/C=N\NC(=O)C(=O)Nc2ccc(OC)cc2OC)c1. The summed E-state index contributed by atoms with van der Waals surface area (Å²) in [5.41, 5.74) is 3.05. The Balaban J connectivity index is 2.03. The lowest BCUT2D eigenvalue weighted by atomic mass is 10.2. The first-order valence-corrected chi connectivity index (χ1v) is 8.10. The smallest absolute Gasteiger partial charge is 0.329 e. The normalized spacial score (nSPS) is 10.3. The summed E-state index contributed by atoms with van der Waals surface area (Å²) in [7, 11) is 5.99. The van der Waals surface area contributed by atoms with Crippen LogP contribution in [0.4, 0.5) is 5.69 Å². The van der Waals surface area contributed by atoms with E-state index in [0.717, 1.165) is 0 Å². The van der Waals surface area contributed by atoms with Gasteiger partial charge >= 0.3 is 11.8 Å². The molecule has 0 heterocycles. The van der Waals surface area contributed by atoms with E-state index in [2.05, 4.69) is 15.8 Å². The van der Waals surface area contributed by atoms with E-state index in [1.807, 2.05) is 0 Å². The number of methoxy groups -OCH3 is 4. The third-order valence-electron chi connectivity index (χ3n) is 3.67. The van der Waals surface area contributed by atoms with E-state index in [4.69, 9.17) is 18.9 Å². The lowest BCUT2D eigenvalue weighted by Crippen LogP contribution is -2.32. The fraction of sp³-hybridized carbons (Fsp3) is 0.211. The van der Waals surface area contributed by atoms with Gasteiger partial charge in [0.1, 0.15) is 23.0 Å². The average Bonchev–Trinajstić information content (AvgIpc) is 2.73. The molecule has 0 bridgehead atoms. The molecule has 2 aromatic carbocycles. The number of hydrogen-bond donors (Lipinski definition) is 2. The van der Waals surface area contributed by atoms with Crippen LogP contribution in [-0.2, 0) is 9.59 Å². The topological polar surface area (TPSA) is 107 Å². The number of anilines is 1. The summed E-state index contributed by atoms with van der Waals surface area (Å²) >= 11 is 0. The third-order valence-corrected chi connectivity index (χ3v) is 3.67. The van der Waals surface area contributed by atoms with Gasteiger partial charge < -0.3 is 24.3 Å². The molecule has 28 heavy (non-hydrogen) atoms. The molecule has 0 saturated heterocycles. The molecule has 0 radical (unpaired) electrons. The minimum atomic E-state index is -0.948. The van der Waals surface area contributed by atoms with E-state index < -0.39 is 11.8 Å². The molecule has 0 aliphatic carbocycles. The second-order valence-corrected chi connectivity index (χ2v) is 5.33. The molecular formula is C19H21N3O6. The second-order valence-electron chi connectivity index (χ2n) is 5.33. The number of nitrogens with one attached hydrogen (secondary N) is 2. The van der Waals surface area contributed by atoms with Crippen molar-refractivity contribution in [1.29, 1.82) is 0 Å². The molecule has 0 saturated carbocycles. The maximum absolute atomic E-state index is 12.1. The molecule has 2 amide bonds. The van der Waals surface area contributed by atoms with Crippen molar-refractivity contribution in [3.05, 3.63) is 42.0 Å². The first-order valence-electron chi connectivity index (χ1n) is 8.10. The third kappa shape index (κ3) is 5.13. The Bertz CT molecular complexity index is 882. The number of hydrazone groups is 1. The largest absolute Gasteiger partial charge is 0.497 e. The monoisotopic (exact) mass is 387 g/mol. The standard InChI is InChI=1S/C19H21N3O6/c1-25-13-6-8-16(27-3)12(9-13)11-20-22-19(24)18(23)21-15-7-5-14(26-2)10-17(15)28-4/h5-11H,1-4H3,(H,21,23)(H,22,24)/b20-11-. The summed E-state index contributed by atoms with van der Waals surface area (Å²) in [4.78, 5) is 24.1. The Morgan fingerprint density at radius 1 is 0.821 bits per heavy atom. The molecule has 2 rings (SSSR count). The highest BCUT2D eigenvalue weighted by Crippen LogP contribution is 2.28. The number of carbonyl (C=O) groups is 2. The Kier molecular flexibility index (Phi) is 7.21. The minimum Gasteiger partial charge on any atom is -0.497 e. The Morgan fingerprint density at radius 3 is 2.11 bits per heavy atom. The zero-order chi connectivity index (χ0) is 20.5. The predicted molar refractivity (Wildman–Crippen MR) is 103 cm³/mol. The predicted octanol–water partition coefficient (Wildman–Crippen LogP) is 1.81. The van der Waals surface area contributed by atoms with Gasteiger partial charge in [-0.05, 0) is 30.3 Å². The van der Waals surface area contributed by atoms with E-state index in [-0.39, 0.29) is 0 Å². The molecule has 0 aliphatic heterocycles. The van der Waals surface area contributed by atoms with Gasteiger partial charge in [0.25, 0.3) is 0 Å². The van der Waals surface area contributed by atoms with E-state index in [0.29, 0.717) is 34.2 Å². The van der Waals surface area contributed by atoms with Crippen molar-refractivity contribution >= 4 is 23.7 Å². The Morgan fingerprint density at radius 2 is 1.46 bits per heavy atom. The summed E-state index contributed by atoms with van der Waals surface area (Å²) in [6, 6.07) is 9.88. The van der Waals surface area contributed by atoms with Crippen LogP contribution in [0.5, 0.6) is 23.0 Å². The molecule has 0 spiro atoms. The molecular weight excluding hydrogens is 366 g/mol. The van der Waals surface area contributed by atoms with Crippen LogP contribution in [0.15, 0.2) is 41.5 Å². The fourth-order valence-electron chi connectivity index (χ4n) is 2.23. The molecule has 148 valence electrons. The van der Waals surface area contributed by atoms with Gasteiger partial charge in [0.15, 0.2) is 0 Å². The van der Waals surface area contributed by atoms with Gasteiger partial charge in [0.2, 0.25) is 0 Å². The summed E-state index contributed by atoms with van der Waals surface area (Å²) in [6.45, 7) is 0. The maximum Gasteiger partial charge on any atom is 0.329 e. The zero-order valence-corrected chi connectivity index (χ0v) is 15.9. The highest BCUT2D eigenvalue weighted by molar-refractivity contribution is 6.39. The molecule has 0 aromatic heterocycles. The highest BCUT2D eigenvalue weighted by atomic mass is 16.5. The van der Waals surface area contributed by atoms with Crippen LogP contribution in [0.25, 0.3) is 0 Å². The zero-order valence-electron chi connectivity index (χ0n) is 15.9. The van der Waals surface area contributed by atoms with Crippen molar-refractivity contribution in [2.24, 2.45) is 5.10 Å². The minimum absolute atomic E-state index is 0.321. The van der Waals surface area contributed by atoms with Crippen molar-refractivity contribution in [1.82, 2.24) is 5.43 Å². The van der Waals surface area contributed by atoms with Gasteiger partial charge in [-0.2, -0.15) is 5.10 Å². The summed E-state index contributed by atoms with van der Waals surface area (Å²) in [6.07, 6.45) is 1.35. The molecule has 0 fully saturated rings. The van der Waals surface area contributed by atoms with Crippen molar-refractivity contribution < 1.29 is 28.5 Å². The van der Waals surface area contributed by atoms with Crippen LogP contribution in [-0.4, -0.2) is 46.5 Å². The number of rotatable bonds is 7. The first-order chi connectivity index (χ1) is 13.5. The van der Waals surface area contributed by atoms with Gasteiger partial charge in [0, 0.05) is 11.6 Å². The Hall–Kier alpha value is -3.75. The number of benzene rings is 2. The van der Waals surface area contributed by atoms with E-state index in [1.54, 1.807) is 36.4 Å². The molecule has 9 heteroatoms. The summed E-state index contributed by atoms with van der Waals surface area (Å²) in [5.74, 6) is 0.180. The average molecular weight is 387 g/mol. The molecule has 9 nitrogen and oxygen atoms in total. The highest BCUT2D eigenvalue weighted by Gasteiger charge is 2.16. The molecule has 2 aromatic rings. The molecule has 2 N–H and O–H groups in total. The number of amides is 2. The van der Waals surface area contributed by atoms with Crippen molar-refractivity contribution in [3.8, 4) is 23.0 Å². The lowest BCUT2D eigenvalue weighted by Gasteiger charge is -2.11. The van der Waals surface area contributed by atoms with Crippen molar-refractivity contribution in [2.45, 2.75) is 0 Å². The maximum atomic E-state index is 12.1.